The van der Waals surface area contributed by atoms with Crippen molar-refractivity contribution in [2.75, 3.05) is 20.3 Å². The number of methoxy groups -OCH3 is 1. The molecule has 112 valence electrons. The number of ether oxygens (including phenoxy) is 1. The van der Waals surface area contributed by atoms with E-state index in [9.17, 15) is 14.3 Å². The average molecular weight is 305 g/mol. The van der Waals surface area contributed by atoms with Gasteiger partial charge in [0, 0.05) is 7.11 Å². The second-order valence-corrected chi connectivity index (χ2v) is 4.79. The molecule has 0 spiro atoms. The molecule has 0 aliphatic carbocycles. The molecule has 0 saturated carbocycles. The highest BCUT2D eigenvalue weighted by atomic mass is 35.5. The highest BCUT2D eigenvalue weighted by molar-refractivity contribution is 6.30. The SMILES string of the molecule is COCC(C)NC(=O)NC(CO)c1ccc(Cl)c(F)c1. The van der Waals surface area contributed by atoms with Crippen LogP contribution in [-0.4, -0.2) is 37.5 Å². The Labute approximate surface area is 122 Å². The van der Waals surface area contributed by atoms with E-state index in [0.717, 1.165) is 0 Å². The van der Waals surface area contributed by atoms with Gasteiger partial charge < -0.3 is 20.5 Å². The van der Waals surface area contributed by atoms with Gasteiger partial charge in [-0.1, -0.05) is 17.7 Å². The van der Waals surface area contributed by atoms with Crippen LogP contribution in [-0.2, 0) is 4.74 Å². The van der Waals surface area contributed by atoms with Crippen LogP contribution in [0.15, 0.2) is 18.2 Å². The summed E-state index contributed by atoms with van der Waals surface area (Å²) in [6.07, 6.45) is 0. The Morgan fingerprint density at radius 2 is 2.20 bits per heavy atom. The van der Waals surface area contributed by atoms with Crippen molar-refractivity contribution in [3.8, 4) is 0 Å². The smallest absolute Gasteiger partial charge is 0.315 e. The summed E-state index contributed by atoms with van der Waals surface area (Å²) < 4.78 is 18.3. The molecule has 2 atom stereocenters. The summed E-state index contributed by atoms with van der Waals surface area (Å²) in [7, 11) is 1.53. The molecule has 3 N–H and O–H groups in total. The number of carbonyl (C=O) groups is 1. The highest BCUT2D eigenvalue weighted by Crippen LogP contribution is 2.20. The van der Waals surface area contributed by atoms with Crippen molar-refractivity contribution in [3.63, 3.8) is 0 Å². The van der Waals surface area contributed by atoms with Crippen LogP contribution >= 0.6 is 11.6 Å². The van der Waals surface area contributed by atoms with Gasteiger partial charge in [-0.05, 0) is 24.6 Å². The predicted molar refractivity (Wildman–Crippen MR) is 74.2 cm³/mol. The molecule has 0 aromatic heterocycles. The molecular weight excluding hydrogens is 287 g/mol. The second kappa shape index (κ2) is 8.04. The minimum absolute atomic E-state index is 0.0105. The number of aliphatic hydroxyl groups excluding tert-OH is 1. The van der Waals surface area contributed by atoms with E-state index < -0.39 is 17.9 Å². The van der Waals surface area contributed by atoms with E-state index in [1.54, 1.807) is 13.0 Å². The zero-order valence-corrected chi connectivity index (χ0v) is 12.1. The Bertz CT molecular complexity index is 459. The van der Waals surface area contributed by atoms with Crippen LogP contribution in [0.25, 0.3) is 0 Å². The fourth-order valence-corrected chi connectivity index (χ4v) is 1.80. The summed E-state index contributed by atoms with van der Waals surface area (Å²) in [5, 5.41) is 14.5. The lowest BCUT2D eigenvalue weighted by molar-refractivity contribution is 0.168. The minimum atomic E-state index is -0.712. The molecule has 1 aromatic rings. The zero-order chi connectivity index (χ0) is 15.1. The van der Waals surface area contributed by atoms with Gasteiger partial charge in [0.15, 0.2) is 0 Å². The van der Waals surface area contributed by atoms with E-state index in [1.807, 2.05) is 0 Å². The first-order chi connectivity index (χ1) is 9.47. The van der Waals surface area contributed by atoms with Crippen molar-refractivity contribution in [1.29, 1.82) is 0 Å². The molecule has 7 heteroatoms. The van der Waals surface area contributed by atoms with Crippen LogP contribution in [0.5, 0.6) is 0 Å². The number of urea groups is 1. The van der Waals surface area contributed by atoms with Crippen LogP contribution in [0, 0.1) is 5.82 Å². The fourth-order valence-electron chi connectivity index (χ4n) is 1.68. The van der Waals surface area contributed by atoms with E-state index in [0.29, 0.717) is 12.2 Å². The molecule has 0 aliphatic rings. The van der Waals surface area contributed by atoms with Gasteiger partial charge in [-0.2, -0.15) is 0 Å². The van der Waals surface area contributed by atoms with Gasteiger partial charge in [-0.3, -0.25) is 0 Å². The third-order valence-corrected chi connectivity index (χ3v) is 2.93. The third-order valence-electron chi connectivity index (χ3n) is 2.63. The van der Waals surface area contributed by atoms with Crippen molar-refractivity contribution in [3.05, 3.63) is 34.6 Å². The molecule has 0 saturated heterocycles. The van der Waals surface area contributed by atoms with Crippen molar-refractivity contribution in [2.24, 2.45) is 0 Å². The Balaban J connectivity index is 2.66. The number of rotatable bonds is 6. The van der Waals surface area contributed by atoms with Gasteiger partial charge in [-0.25, -0.2) is 9.18 Å². The molecule has 1 aromatic carbocycles. The number of carbonyl (C=O) groups excluding carboxylic acids is 1. The Hall–Kier alpha value is -1.37. The number of nitrogens with one attached hydrogen (secondary N) is 2. The molecule has 20 heavy (non-hydrogen) atoms. The summed E-state index contributed by atoms with van der Waals surface area (Å²) in [5.41, 5.74) is 0.434. The Kier molecular flexibility index (Phi) is 6.70. The van der Waals surface area contributed by atoms with E-state index in [2.05, 4.69) is 10.6 Å². The van der Waals surface area contributed by atoms with Crippen molar-refractivity contribution in [2.45, 2.75) is 19.0 Å². The number of aliphatic hydroxyl groups is 1. The normalized spacial score (nSPS) is 13.7. The molecule has 0 heterocycles. The van der Waals surface area contributed by atoms with Crippen molar-refractivity contribution >= 4 is 17.6 Å². The minimum Gasteiger partial charge on any atom is -0.394 e. The standard InChI is InChI=1S/C13H18ClFN2O3/c1-8(7-20-2)16-13(19)17-12(6-18)9-3-4-10(14)11(15)5-9/h3-5,8,12,18H,6-7H2,1-2H3,(H2,16,17,19). The monoisotopic (exact) mass is 304 g/mol. The third kappa shape index (κ3) is 4.96. The van der Waals surface area contributed by atoms with Crippen LogP contribution in [0.3, 0.4) is 0 Å². The first-order valence-electron chi connectivity index (χ1n) is 6.09. The van der Waals surface area contributed by atoms with Crippen LogP contribution in [0.2, 0.25) is 5.02 Å². The molecule has 0 radical (unpaired) electrons. The van der Waals surface area contributed by atoms with E-state index >= 15 is 0 Å². The van der Waals surface area contributed by atoms with Crippen LogP contribution in [0.1, 0.15) is 18.5 Å². The van der Waals surface area contributed by atoms with Gasteiger partial charge in [0.25, 0.3) is 0 Å². The maximum Gasteiger partial charge on any atom is 0.315 e. The molecule has 1 rings (SSSR count). The second-order valence-electron chi connectivity index (χ2n) is 4.38. The van der Waals surface area contributed by atoms with Gasteiger partial charge in [0.2, 0.25) is 0 Å². The van der Waals surface area contributed by atoms with Crippen molar-refractivity contribution in [1.82, 2.24) is 10.6 Å². The zero-order valence-electron chi connectivity index (χ0n) is 11.3. The van der Waals surface area contributed by atoms with E-state index in [-0.39, 0.29) is 17.7 Å². The van der Waals surface area contributed by atoms with Gasteiger partial charge in [0.1, 0.15) is 5.82 Å². The Morgan fingerprint density at radius 1 is 1.50 bits per heavy atom. The van der Waals surface area contributed by atoms with Gasteiger partial charge in [0.05, 0.1) is 30.3 Å². The first kappa shape index (κ1) is 16.7. The molecule has 0 fully saturated rings. The van der Waals surface area contributed by atoms with Crippen molar-refractivity contribution < 1.29 is 19.0 Å². The maximum absolute atomic E-state index is 13.4. The highest BCUT2D eigenvalue weighted by Gasteiger charge is 2.16. The molecule has 2 unspecified atom stereocenters. The summed E-state index contributed by atoms with van der Waals surface area (Å²) in [6.45, 7) is 1.79. The average Bonchev–Trinajstić information content (AvgIpc) is 2.39. The molecule has 0 aliphatic heterocycles. The van der Waals surface area contributed by atoms with E-state index in [1.165, 1.54) is 19.2 Å². The number of halogens is 2. The summed E-state index contributed by atoms with van der Waals surface area (Å²) in [5.74, 6) is -0.599. The summed E-state index contributed by atoms with van der Waals surface area (Å²) >= 11 is 5.59. The number of amides is 2. The first-order valence-corrected chi connectivity index (χ1v) is 6.47. The summed E-state index contributed by atoms with van der Waals surface area (Å²) in [4.78, 5) is 11.7. The number of hydrogen-bond donors (Lipinski definition) is 3. The van der Waals surface area contributed by atoms with Crippen LogP contribution < -0.4 is 10.6 Å². The lowest BCUT2D eigenvalue weighted by Gasteiger charge is -2.19. The predicted octanol–water partition coefficient (Wildman–Crippen LogP) is 1.85. The largest absolute Gasteiger partial charge is 0.394 e. The molecular formula is C13H18ClFN2O3. The fraction of sp³-hybridized carbons (Fsp3) is 0.462. The lowest BCUT2D eigenvalue weighted by atomic mass is 10.1. The Morgan fingerprint density at radius 3 is 2.75 bits per heavy atom. The molecule has 0 bridgehead atoms. The topological polar surface area (TPSA) is 70.6 Å². The van der Waals surface area contributed by atoms with E-state index in [4.69, 9.17) is 16.3 Å². The number of hydrogen-bond acceptors (Lipinski definition) is 3. The van der Waals surface area contributed by atoms with Crippen LogP contribution in [0.4, 0.5) is 9.18 Å². The summed E-state index contributed by atoms with van der Waals surface area (Å²) in [6, 6.07) is 2.75. The lowest BCUT2D eigenvalue weighted by Crippen LogP contribution is -2.44. The molecule has 2 amide bonds. The quantitative estimate of drug-likeness (QED) is 0.751. The van der Waals surface area contributed by atoms with Gasteiger partial charge in [-0.15, -0.1) is 0 Å². The maximum atomic E-state index is 13.4. The molecule has 5 nitrogen and oxygen atoms in total. The van der Waals surface area contributed by atoms with Gasteiger partial charge >= 0.3 is 6.03 Å². The number of benzene rings is 1.